The third-order valence-corrected chi connectivity index (χ3v) is 2.82. The first kappa shape index (κ1) is 13.4. The minimum Gasteiger partial charge on any atom is -0.485 e. The number of carbonyl (C=O) groups is 1. The van der Waals surface area contributed by atoms with Crippen molar-refractivity contribution in [2.75, 3.05) is 26.3 Å². The third kappa shape index (κ3) is 3.06. The molecule has 1 unspecified atom stereocenters. The number of hydrogen-bond donors (Lipinski definition) is 1. The fourth-order valence-electron chi connectivity index (χ4n) is 1.91. The molecule has 0 aromatic heterocycles. The van der Waals surface area contributed by atoms with Gasteiger partial charge in [0.25, 0.3) is 5.91 Å². The van der Waals surface area contributed by atoms with E-state index in [9.17, 15) is 4.79 Å². The van der Waals surface area contributed by atoms with E-state index in [1.54, 1.807) is 18.2 Å². The van der Waals surface area contributed by atoms with Crippen LogP contribution in [-0.2, 0) is 4.79 Å². The fraction of sp³-hybridized carbons (Fsp3) is 0.357. The van der Waals surface area contributed by atoms with Crippen LogP contribution < -0.4 is 9.47 Å². The number of hydrogen-bond acceptors (Lipinski definition) is 4. The second-order valence-electron chi connectivity index (χ2n) is 4.16. The number of rotatable bonds is 5. The van der Waals surface area contributed by atoms with Gasteiger partial charge in [-0.05, 0) is 12.1 Å². The first-order chi connectivity index (χ1) is 9.26. The third-order valence-electron chi connectivity index (χ3n) is 2.82. The number of benzene rings is 1. The molecule has 1 amide bonds. The van der Waals surface area contributed by atoms with Gasteiger partial charge in [-0.15, -0.1) is 6.58 Å². The van der Waals surface area contributed by atoms with Gasteiger partial charge < -0.3 is 19.5 Å². The van der Waals surface area contributed by atoms with Crippen molar-refractivity contribution in [3.05, 3.63) is 36.9 Å². The number of nitrogens with zero attached hydrogens (tertiary/aromatic N) is 1. The highest BCUT2D eigenvalue weighted by molar-refractivity contribution is 5.82. The van der Waals surface area contributed by atoms with Crippen LogP contribution in [0.15, 0.2) is 36.9 Å². The molecule has 1 atom stereocenters. The van der Waals surface area contributed by atoms with Crippen LogP contribution in [0.5, 0.6) is 11.5 Å². The van der Waals surface area contributed by atoms with Crippen molar-refractivity contribution < 1.29 is 19.4 Å². The standard InChI is InChI=1S/C14H17NO4/c1-2-7-15(8-9-16)14(17)13-10-18-11-5-3-4-6-12(11)19-13/h2-6,13,16H,1,7-10H2. The molecule has 1 aromatic rings. The number of fused-ring (bicyclic) bond motifs is 1. The topological polar surface area (TPSA) is 59.0 Å². The maximum atomic E-state index is 12.2. The van der Waals surface area contributed by atoms with Crippen LogP contribution in [0.1, 0.15) is 0 Å². The Kier molecular flexibility index (Phi) is 4.41. The molecular weight excluding hydrogens is 246 g/mol. The summed E-state index contributed by atoms with van der Waals surface area (Å²) in [5.74, 6) is 1.00. The number of amides is 1. The van der Waals surface area contributed by atoms with Gasteiger partial charge in [-0.25, -0.2) is 0 Å². The lowest BCUT2D eigenvalue weighted by Gasteiger charge is -2.29. The van der Waals surface area contributed by atoms with Crippen LogP contribution in [0.2, 0.25) is 0 Å². The molecular formula is C14H17NO4. The molecule has 1 aromatic carbocycles. The average molecular weight is 263 g/mol. The smallest absolute Gasteiger partial charge is 0.267 e. The van der Waals surface area contributed by atoms with Crippen molar-refractivity contribution in [3.63, 3.8) is 0 Å². The number of carbonyl (C=O) groups excluding carboxylic acids is 1. The zero-order chi connectivity index (χ0) is 13.7. The summed E-state index contributed by atoms with van der Waals surface area (Å²) in [6.45, 7) is 4.31. The van der Waals surface area contributed by atoms with Crippen LogP contribution in [0.4, 0.5) is 0 Å². The van der Waals surface area contributed by atoms with Gasteiger partial charge in [0, 0.05) is 13.1 Å². The molecule has 0 radical (unpaired) electrons. The Morgan fingerprint density at radius 3 is 2.89 bits per heavy atom. The van der Waals surface area contributed by atoms with Crippen molar-refractivity contribution >= 4 is 5.91 Å². The van der Waals surface area contributed by atoms with Crippen LogP contribution >= 0.6 is 0 Å². The first-order valence-electron chi connectivity index (χ1n) is 6.15. The molecule has 2 rings (SSSR count). The molecule has 1 N–H and O–H groups in total. The monoisotopic (exact) mass is 263 g/mol. The quantitative estimate of drug-likeness (QED) is 0.800. The van der Waals surface area contributed by atoms with E-state index in [0.717, 1.165) is 0 Å². The lowest BCUT2D eigenvalue weighted by molar-refractivity contribution is -0.141. The van der Waals surface area contributed by atoms with Gasteiger partial charge in [0.05, 0.1) is 6.61 Å². The Bertz CT molecular complexity index is 461. The van der Waals surface area contributed by atoms with Gasteiger partial charge in [-0.3, -0.25) is 4.79 Å². The molecule has 0 spiro atoms. The Balaban J connectivity index is 2.06. The zero-order valence-electron chi connectivity index (χ0n) is 10.6. The minimum absolute atomic E-state index is 0.0935. The van der Waals surface area contributed by atoms with Gasteiger partial charge in [-0.2, -0.15) is 0 Å². The zero-order valence-corrected chi connectivity index (χ0v) is 10.6. The largest absolute Gasteiger partial charge is 0.485 e. The normalized spacial score (nSPS) is 16.8. The van der Waals surface area contributed by atoms with Crippen molar-refractivity contribution in [3.8, 4) is 11.5 Å². The lowest BCUT2D eigenvalue weighted by atomic mass is 10.2. The molecule has 1 heterocycles. The molecule has 1 aliphatic heterocycles. The predicted molar refractivity (Wildman–Crippen MR) is 70.2 cm³/mol. The van der Waals surface area contributed by atoms with E-state index < -0.39 is 6.10 Å². The first-order valence-corrected chi connectivity index (χ1v) is 6.15. The number of aliphatic hydroxyl groups is 1. The van der Waals surface area contributed by atoms with E-state index in [1.807, 2.05) is 12.1 Å². The molecule has 0 fully saturated rings. The van der Waals surface area contributed by atoms with Crippen molar-refractivity contribution in [2.24, 2.45) is 0 Å². The molecule has 0 aliphatic carbocycles. The summed E-state index contributed by atoms with van der Waals surface area (Å²) >= 11 is 0. The van der Waals surface area contributed by atoms with Crippen molar-refractivity contribution in [1.82, 2.24) is 4.90 Å². The van der Waals surface area contributed by atoms with Gasteiger partial charge >= 0.3 is 0 Å². The van der Waals surface area contributed by atoms with E-state index in [2.05, 4.69) is 6.58 Å². The van der Waals surface area contributed by atoms with E-state index in [0.29, 0.717) is 18.0 Å². The Hall–Kier alpha value is -2.01. The Morgan fingerprint density at radius 1 is 1.47 bits per heavy atom. The summed E-state index contributed by atoms with van der Waals surface area (Å²) < 4.78 is 11.1. The molecule has 5 heteroatoms. The second-order valence-corrected chi connectivity index (χ2v) is 4.16. The highest BCUT2D eigenvalue weighted by Crippen LogP contribution is 2.31. The Labute approximate surface area is 112 Å². The molecule has 0 saturated heterocycles. The number of para-hydroxylation sites is 2. The molecule has 19 heavy (non-hydrogen) atoms. The van der Waals surface area contributed by atoms with Crippen LogP contribution in [0.25, 0.3) is 0 Å². The number of aliphatic hydroxyl groups excluding tert-OH is 1. The lowest BCUT2D eigenvalue weighted by Crippen LogP contribution is -2.47. The van der Waals surface area contributed by atoms with E-state index in [1.165, 1.54) is 4.90 Å². The summed E-state index contributed by atoms with van der Waals surface area (Å²) in [6, 6.07) is 7.23. The predicted octanol–water partition coefficient (Wildman–Crippen LogP) is 0.833. The van der Waals surface area contributed by atoms with Gasteiger partial charge in [0.2, 0.25) is 6.10 Å². The molecule has 1 aliphatic rings. The summed E-state index contributed by atoms with van der Waals surface area (Å²) in [4.78, 5) is 13.7. The number of ether oxygens (including phenoxy) is 2. The summed E-state index contributed by atoms with van der Waals surface area (Å²) in [5, 5.41) is 8.97. The highest BCUT2D eigenvalue weighted by atomic mass is 16.6. The summed E-state index contributed by atoms with van der Waals surface area (Å²) in [7, 11) is 0. The average Bonchev–Trinajstić information content (AvgIpc) is 2.46. The maximum Gasteiger partial charge on any atom is 0.267 e. The van der Waals surface area contributed by atoms with Crippen LogP contribution in [0, 0.1) is 0 Å². The molecule has 102 valence electrons. The molecule has 5 nitrogen and oxygen atoms in total. The maximum absolute atomic E-state index is 12.2. The van der Waals surface area contributed by atoms with Crippen LogP contribution in [-0.4, -0.2) is 48.3 Å². The van der Waals surface area contributed by atoms with Crippen LogP contribution in [0.3, 0.4) is 0 Å². The van der Waals surface area contributed by atoms with Crippen molar-refractivity contribution in [2.45, 2.75) is 6.10 Å². The molecule has 0 bridgehead atoms. The summed E-state index contributed by atoms with van der Waals surface area (Å²) in [5.41, 5.74) is 0. The van der Waals surface area contributed by atoms with Gasteiger partial charge in [0.1, 0.15) is 6.61 Å². The van der Waals surface area contributed by atoms with E-state index in [-0.39, 0.29) is 25.7 Å². The fourth-order valence-corrected chi connectivity index (χ4v) is 1.91. The SMILES string of the molecule is C=CCN(CCO)C(=O)C1COc2ccccc2O1. The summed E-state index contributed by atoms with van der Waals surface area (Å²) in [6.07, 6.45) is 0.937. The minimum atomic E-state index is -0.679. The van der Waals surface area contributed by atoms with Crippen molar-refractivity contribution in [1.29, 1.82) is 0 Å². The van der Waals surface area contributed by atoms with Gasteiger partial charge in [-0.1, -0.05) is 18.2 Å². The molecule has 0 saturated carbocycles. The second kappa shape index (κ2) is 6.24. The van der Waals surface area contributed by atoms with Gasteiger partial charge in [0.15, 0.2) is 11.5 Å². The van der Waals surface area contributed by atoms with E-state index >= 15 is 0 Å². The highest BCUT2D eigenvalue weighted by Gasteiger charge is 2.30. The Morgan fingerprint density at radius 2 is 2.21 bits per heavy atom. The van der Waals surface area contributed by atoms with E-state index in [4.69, 9.17) is 14.6 Å².